The lowest BCUT2D eigenvalue weighted by molar-refractivity contribution is 0.886. The summed E-state index contributed by atoms with van der Waals surface area (Å²) in [6.45, 7) is 0. The van der Waals surface area contributed by atoms with Gasteiger partial charge < -0.3 is 0 Å². The van der Waals surface area contributed by atoms with Gasteiger partial charge in [0.05, 0.1) is 18.2 Å². The van der Waals surface area contributed by atoms with E-state index in [0.29, 0.717) is 6.42 Å². The first-order chi connectivity index (χ1) is 7.38. The van der Waals surface area contributed by atoms with Gasteiger partial charge in [0.2, 0.25) is 0 Å². The zero-order valence-electron chi connectivity index (χ0n) is 8.61. The lowest BCUT2D eigenvalue weighted by Gasteiger charge is -2.05. The van der Waals surface area contributed by atoms with Crippen LogP contribution in [-0.4, -0.2) is 10.2 Å². The third kappa shape index (κ3) is 3.22. The van der Waals surface area contributed by atoms with Crippen molar-refractivity contribution < 1.29 is 0 Å². The zero-order chi connectivity index (χ0) is 10.5. The van der Waals surface area contributed by atoms with Crippen LogP contribution in [0.1, 0.15) is 36.4 Å². The van der Waals surface area contributed by atoms with Gasteiger partial charge in [-0.1, -0.05) is 12.8 Å². The van der Waals surface area contributed by atoms with Crippen molar-refractivity contribution in [1.82, 2.24) is 4.98 Å². The van der Waals surface area contributed by atoms with Crippen LogP contribution in [0.5, 0.6) is 0 Å². The Kier molecular flexibility index (Phi) is 4.04. The third-order valence-electron chi connectivity index (χ3n) is 2.60. The molecule has 0 aliphatic heterocycles. The SMILES string of the molecule is N#CCc1csc(CSC2CCCC2)n1. The molecule has 80 valence electrons. The van der Waals surface area contributed by atoms with Gasteiger partial charge in [-0.15, -0.1) is 11.3 Å². The Balaban J connectivity index is 1.80. The van der Waals surface area contributed by atoms with Gasteiger partial charge in [-0.2, -0.15) is 17.0 Å². The van der Waals surface area contributed by atoms with Gasteiger partial charge in [0.15, 0.2) is 0 Å². The maximum absolute atomic E-state index is 8.54. The third-order valence-corrected chi connectivity index (χ3v) is 5.07. The zero-order valence-corrected chi connectivity index (χ0v) is 10.2. The Bertz CT molecular complexity index is 348. The van der Waals surface area contributed by atoms with Crippen molar-refractivity contribution >= 4 is 23.1 Å². The first-order valence-corrected chi connectivity index (χ1v) is 7.23. The molecule has 0 saturated heterocycles. The van der Waals surface area contributed by atoms with Crippen LogP contribution in [0.2, 0.25) is 0 Å². The number of hydrogen-bond acceptors (Lipinski definition) is 4. The number of nitriles is 1. The molecular weight excluding hydrogens is 224 g/mol. The lowest BCUT2D eigenvalue weighted by atomic mass is 10.4. The van der Waals surface area contributed by atoms with E-state index in [-0.39, 0.29) is 0 Å². The molecule has 1 aromatic heterocycles. The van der Waals surface area contributed by atoms with Crippen molar-refractivity contribution in [2.75, 3.05) is 0 Å². The van der Waals surface area contributed by atoms with E-state index in [9.17, 15) is 0 Å². The first-order valence-electron chi connectivity index (χ1n) is 5.30. The van der Waals surface area contributed by atoms with Crippen molar-refractivity contribution in [3.05, 3.63) is 16.1 Å². The maximum atomic E-state index is 8.54. The summed E-state index contributed by atoms with van der Waals surface area (Å²) in [6, 6.07) is 2.13. The minimum atomic E-state index is 0.449. The number of rotatable bonds is 4. The van der Waals surface area contributed by atoms with Gasteiger partial charge in [0, 0.05) is 16.4 Å². The molecule has 1 aliphatic carbocycles. The molecule has 0 radical (unpaired) electrons. The molecule has 0 N–H and O–H groups in total. The van der Waals surface area contributed by atoms with Crippen molar-refractivity contribution in [3.8, 4) is 6.07 Å². The van der Waals surface area contributed by atoms with Crippen LogP contribution in [0, 0.1) is 11.3 Å². The minimum Gasteiger partial charge on any atom is -0.244 e. The molecule has 15 heavy (non-hydrogen) atoms. The molecule has 1 heterocycles. The fourth-order valence-electron chi connectivity index (χ4n) is 1.82. The highest BCUT2D eigenvalue weighted by Gasteiger charge is 2.15. The predicted molar refractivity (Wildman–Crippen MR) is 65.0 cm³/mol. The Morgan fingerprint density at radius 2 is 2.33 bits per heavy atom. The number of aromatic nitrogens is 1. The topological polar surface area (TPSA) is 36.7 Å². The van der Waals surface area contributed by atoms with Crippen molar-refractivity contribution in [3.63, 3.8) is 0 Å². The van der Waals surface area contributed by atoms with Crippen LogP contribution in [-0.2, 0) is 12.2 Å². The predicted octanol–water partition coefficient (Wildman–Crippen LogP) is 3.38. The molecule has 0 spiro atoms. The van der Waals surface area contributed by atoms with E-state index in [1.807, 2.05) is 17.1 Å². The molecule has 0 unspecified atom stereocenters. The molecule has 2 rings (SSSR count). The highest BCUT2D eigenvalue weighted by molar-refractivity contribution is 7.99. The van der Waals surface area contributed by atoms with Gasteiger partial charge in [0.25, 0.3) is 0 Å². The summed E-state index contributed by atoms with van der Waals surface area (Å²) in [6.07, 6.45) is 6.00. The monoisotopic (exact) mass is 238 g/mol. The van der Waals surface area contributed by atoms with E-state index in [4.69, 9.17) is 5.26 Å². The summed E-state index contributed by atoms with van der Waals surface area (Å²) in [4.78, 5) is 4.44. The number of thiazole rings is 1. The molecule has 0 bridgehead atoms. The van der Waals surface area contributed by atoms with Crippen LogP contribution >= 0.6 is 23.1 Å². The molecule has 2 nitrogen and oxygen atoms in total. The number of hydrogen-bond donors (Lipinski definition) is 0. The van der Waals surface area contributed by atoms with E-state index < -0.39 is 0 Å². The Labute approximate surface area is 98.7 Å². The fourth-order valence-corrected chi connectivity index (χ4v) is 3.99. The fraction of sp³-hybridized carbons (Fsp3) is 0.636. The van der Waals surface area contributed by atoms with Crippen molar-refractivity contribution in [1.29, 1.82) is 5.26 Å². The molecule has 4 heteroatoms. The summed E-state index contributed by atoms with van der Waals surface area (Å²) >= 11 is 3.72. The van der Waals surface area contributed by atoms with Crippen molar-refractivity contribution in [2.24, 2.45) is 0 Å². The van der Waals surface area contributed by atoms with E-state index in [0.717, 1.165) is 16.7 Å². The van der Waals surface area contributed by atoms with Crippen LogP contribution in [0.3, 0.4) is 0 Å². The standard InChI is InChI=1S/C11H14N2S2/c12-6-5-9-7-15-11(13-9)8-14-10-3-1-2-4-10/h7,10H,1-5,8H2. The van der Waals surface area contributed by atoms with Crippen LogP contribution < -0.4 is 0 Å². The Morgan fingerprint density at radius 3 is 3.07 bits per heavy atom. The molecule has 0 aromatic carbocycles. The van der Waals surface area contributed by atoms with E-state index >= 15 is 0 Å². The second-order valence-electron chi connectivity index (χ2n) is 3.78. The molecule has 1 aliphatic rings. The summed E-state index contributed by atoms with van der Waals surface area (Å²) in [5, 5.41) is 12.6. The van der Waals surface area contributed by atoms with Gasteiger partial charge in [-0.3, -0.25) is 0 Å². The Hall–Kier alpha value is -0.530. The van der Waals surface area contributed by atoms with Gasteiger partial charge in [-0.25, -0.2) is 4.98 Å². The first kappa shape index (κ1) is 11.0. The van der Waals surface area contributed by atoms with Gasteiger partial charge >= 0.3 is 0 Å². The van der Waals surface area contributed by atoms with Crippen LogP contribution in [0.15, 0.2) is 5.38 Å². The molecule has 0 amide bonds. The van der Waals surface area contributed by atoms with Gasteiger partial charge in [-0.05, 0) is 12.8 Å². The normalized spacial score (nSPS) is 16.7. The smallest absolute Gasteiger partial charge is 0.103 e. The molecule has 1 fully saturated rings. The Morgan fingerprint density at radius 1 is 1.53 bits per heavy atom. The minimum absolute atomic E-state index is 0.449. The van der Waals surface area contributed by atoms with E-state index in [1.165, 1.54) is 30.7 Å². The second kappa shape index (κ2) is 5.53. The van der Waals surface area contributed by atoms with Crippen LogP contribution in [0.25, 0.3) is 0 Å². The van der Waals surface area contributed by atoms with Crippen molar-refractivity contribution in [2.45, 2.75) is 43.1 Å². The quantitative estimate of drug-likeness (QED) is 0.807. The summed E-state index contributed by atoms with van der Waals surface area (Å²) < 4.78 is 0. The highest BCUT2D eigenvalue weighted by Crippen LogP contribution is 2.32. The lowest BCUT2D eigenvalue weighted by Crippen LogP contribution is -1.94. The average Bonchev–Trinajstić information content (AvgIpc) is 2.85. The highest BCUT2D eigenvalue weighted by atomic mass is 32.2. The maximum Gasteiger partial charge on any atom is 0.103 e. The van der Waals surface area contributed by atoms with E-state index in [1.54, 1.807) is 11.3 Å². The van der Waals surface area contributed by atoms with Gasteiger partial charge in [0.1, 0.15) is 5.01 Å². The summed E-state index contributed by atoms with van der Waals surface area (Å²) in [5.41, 5.74) is 0.935. The number of thioether (sulfide) groups is 1. The van der Waals surface area contributed by atoms with Crippen LogP contribution in [0.4, 0.5) is 0 Å². The summed E-state index contributed by atoms with van der Waals surface area (Å²) in [7, 11) is 0. The molecular formula is C11H14N2S2. The average molecular weight is 238 g/mol. The molecule has 1 saturated carbocycles. The molecule has 1 aromatic rings. The molecule has 0 atom stereocenters. The van der Waals surface area contributed by atoms with E-state index in [2.05, 4.69) is 11.1 Å². The second-order valence-corrected chi connectivity index (χ2v) is 6.02. The number of nitrogens with zero attached hydrogens (tertiary/aromatic N) is 2. The summed E-state index contributed by atoms with van der Waals surface area (Å²) in [5.74, 6) is 1.03. The largest absolute Gasteiger partial charge is 0.244 e.